The molecule has 0 aromatic heterocycles. The molecule has 0 spiro atoms. The van der Waals surface area contributed by atoms with Gasteiger partial charge in [0.1, 0.15) is 0 Å². The van der Waals surface area contributed by atoms with Crippen LogP contribution in [0.15, 0.2) is 24.3 Å². The summed E-state index contributed by atoms with van der Waals surface area (Å²) in [7, 11) is 0. The van der Waals surface area contributed by atoms with Gasteiger partial charge in [0, 0.05) is 12.0 Å². The summed E-state index contributed by atoms with van der Waals surface area (Å²) in [5.74, 6) is 0. The molecule has 2 nitrogen and oxygen atoms in total. The lowest BCUT2D eigenvalue weighted by Gasteiger charge is -2.45. The van der Waals surface area contributed by atoms with Gasteiger partial charge in [0.25, 0.3) is 0 Å². The zero-order chi connectivity index (χ0) is 13.2. The molecule has 0 amide bonds. The van der Waals surface area contributed by atoms with Gasteiger partial charge in [-0.3, -0.25) is 0 Å². The second kappa shape index (κ2) is 5.02. The van der Waals surface area contributed by atoms with E-state index >= 15 is 0 Å². The van der Waals surface area contributed by atoms with E-state index in [1.807, 2.05) is 6.07 Å². The van der Waals surface area contributed by atoms with Crippen LogP contribution < -0.4 is 5.73 Å². The van der Waals surface area contributed by atoms with E-state index < -0.39 is 5.60 Å². The maximum atomic E-state index is 11.3. The minimum Gasteiger partial charge on any atom is -0.385 e. The fourth-order valence-corrected chi connectivity index (χ4v) is 3.21. The van der Waals surface area contributed by atoms with Crippen molar-refractivity contribution in [2.45, 2.75) is 51.6 Å². The summed E-state index contributed by atoms with van der Waals surface area (Å²) in [4.78, 5) is 0. The molecule has 0 saturated heterocycles. The van der Waals surface area contributed by atoms with Gasteiger partial charge in [0.2, 0.25) is 0 Å². The molecule has 0 saturated carbocycles. The van der Waals surface area contributed by atoms with Crippen molar-refractivity contribution in [3.05, 3.63) is 35.4 Å². The van der Waals surface area contributed by atoms with Gasteiger partial charge < -0.3 is 10.8 Å². The Morgan fingerprint density at radius 3 is 2.72 bits per heavy atom. The van der Waals surface area contributed by atoms with Crippen molar-refractivity contribution < 1.29 is 5.11 Å². The molecule has 2 rings (SSSR count). The number of aliphatic hydroxyl groups is 1. The number of rotatable bonds is 3. The SMILES string of the molecule is CCC(C)(CN)C1(O)CCCCc2ccccc21. The molecular weight excluding hydrogens is 222 g/mol. The highest BCUT2D eigenvalue weighted by atomic mass is 16.3. The lowest BCUT2D eigenvalue weighted by Crippen LogP contribution is -2.48. The molecule has 18 heavy (non-hydrogen) atoms. The average molecular weight is 247 g/mol. The molecule has 1 aliphatic rings. The molecule has 3 N–H and O–H groups in total. The second-order valence-electron chi connectivity index (χ2n) is 5.84. The third-order valence-electron chi connectivity index (χ3n) is 4.93. The van der Waals surface area contributed by atoms with Crippen LogP contribution in [-0.4, -0.2) is 11.7 Å². The fourth-order valence-electron chi connectivity index (χ4n) is 3.21. The van der Waals surface area contributed by atoms with E-state index in [4.69, 9.17) is 5.73 Å². The van der Waals surface area contributed by atoms with E-state index in [9.17, 15) is 5.11 Å². The van der Waals surface area contributed by atoms with Crippen molar-refractivity contribution in [3.8, 4) is 0 Å². The van der Waals surface area contributed by atoms with Gasteiger partial charge in [0.05, 0.1) is 5.60 Å². The summed E-state index contributed by atoms with van der Waals surface area (Å²) in [6.45, 7) is 4.77. The first-order chi connectivity index (χ1) is 8.57. The van der Waals surface area contributed by atoms with E-state index in [1.165, 1.54) is 5.56 Å². The lowest BCUT2D eigenvalue weighted by atomic mass is 9.65. The Hall–Kier alpha value is -0.860. The molecule has 2 unspecified atom stereocenters. The lowest BCUT2D eigenvalue weighted by molar-refractivity contribution is -0.0876. The highest BCUT2D eigenvalue weighted by Gasteiger charge is 2.47. The maximum absolute atomic E-state index is 11.3. The van der Waals surface area contributed by atoms with Crippen LogP contribution in [0.2, 0.25) is 0 Å². The number of hydrogen-bond donors (Lipinski definition) is 2. The van der Waals surface area contributed by atoms with Gasteiger partial charge >= 0.3 is 0 Å². The number of nitrogens with two attached hydrogens (primary N) is 1. The van der Waals surface area contributed by atoms with Crippen molar-refractivity contribution in [3.63, 3.8) is 0 Å². The van der Waals surface area contributed by atoms with E-state index in [0.717, 1.165) is 37.7 Å². The normalized spacial score (nSPS) is 27.1. The molecule has 0 fully saturated rings. The van der Waals surface area contributed by atoms with Crippen molar-refractivity contribution in [1.29, 1.82) is 0 Å². The topological polar surface area (TPSA) is 46.2 Å². The maximum Gasteiger partial charge on any atom is 0.0964 e. The van der Waals surface area contributed by atoms with E-state index in [1.54, 1.807) is 0 Å². The molecule has 100 valence electrons. The Kier molecular flexibility index (Phi) is 3.79. The van der Waals surface area contributed by atoms with Crippen LogP contribution in [0.25, 0.3) is 0 Å². The molecule has 1 aliphatic carbocycles. The highest BCUT2D eigenvalue weighted by molar-refractivity contribution is 5.35. The average Bonchev–Trinajstić information content (AvgIpc) is 2.59. The van der Waals surface area contributed by atoms with Crippen LogP contribution in [0.4, 0.5) is 0 Å². The summed E-state index contributed by atoms with van der Waals surface area (Å²) < 4.78 is 0. The number of fused-ring (bicyclic) bond motifs is 1. The first-order valence-electron chi connectivity index (χ1n) is 7.08. The zero-order valence-electron chi connectivity index (χ0n) is 11.6. The third kappa shape index (κ3) is 1.98. The minimum atomic E-state index is -0.774. The van der Waals surface area contributed by atoms with Crippen LogP contribution in [0.3, 0.4) is 0 Å². The van der Waals surface area contributed by atoms with Gasteiger partial charge in [-0.25, -0.2) is 0 Å². The molecule has 0 aliphatic heterocycles. The van der Waals surface area contributed by atoms with E-state index in [-0.39, 0.29) is 5.41 Å². The van der Waals surface area contributed by atoms with Gasteiger partial charge in [-0.15, -0.1) is 0 Å². The van der Waals surface area contributed by atoms with Crippen LogP contribution in [0.1, 0.15) is 50.7 Å². The summed E-state index contributed by atoms with van der Waals surface area (Å²) in [6, 6.07) is 8.33. The summed E-state index contributed by atoms with van der Waals surface area (Å²) in [6.07, 6.45) is 5.02. The van der Waals surface area contributed by atoms with E-state index in [0.29, 0.717) is 6.54 Å². The standard InChI is InChI=1S/C16H25NO/c1-3-15(2,12-17)16(18)11-7-6-9-13-8-4-5-10-14(13)16/h4-5,8,10,18H,3,6-7,9,11-12,17H2,1-2H3. The van der Waals surface area contributed by atoms with Crippen LogP contribution in [-0.2, 0) is 12.0 Å². The first kappa shape index (κ1) is 13.6. The van der Waals surface area contributed by atoms with Crippen molar-refractivity contribution in [2.75, 3.05) is 6.54 Å². The summed E-state index contributed by atoms with van der Waals surface area (Å²) in [5, 5.41) is 11.3. The van der Waals surface area contributed by atoms with Gasteiger partial charge in [0.15, 0.2) is 0 Å². The number of benzene rings is 1. The first-order valence-corrected chi connectivity index (χ1v) is 7.08. The Labute approximate surface area is 110 Å². The monoisotopic (exact) mass is 247 g/mol. The molecule has 1 aromatic rings. The predicted molar refractivity (Wildman–Crippen MR) is 75.3 cm³/mol. The van der Waals surface area contributed by atoms with E-state index in [2.05, 4.69) is 32.0 Å². The smallest absolute Gasteiger partial charge is 0.0964 e. The molecule has 0 bridgehead atoms. The minimum absolute atomic E-state index is 0.243. The van der Waals surface area contributed by atoms with Crippen molar-refractivity contribution >= 4 is 0 Å². The van der Waals surface area contributed by atoms with Gasteiger partial charge in [-0.05, 0) is 43.2 Å². The van der Waals surface area contributed by atoms with Gasteiger partial charge in [-0.2, -0.15) is 0 Å². The Bertz CT molecular complexity index is 411. The molecule has 0 radical (unpaired) electrons. The third-order valence-corrected chi connectivity index (χ3v) is 4.93. The Morgan fingerprint density at radius 1 is 1.33 bits per heavy atom. The predicted octanol–water partition coefficient (Wildman–Crippen LogP) is 2.98. The van der Waals surface area contributed by atoms with Crippen molar-refractivity contribution in [1.82, 2.24) is 0 Å². The molecule has 1 aromatic carbocycles. The largest absolute Gasteiger partial charge is 0.385 e. The molecule has 2 heteroatoms. The second-order valence-corrected chi connectivity index (χ2v) is 5.84. The molecule has 2 atom stereocenters. The molecular formula is C16H25NO. The molecule has 0 heterocycles. The van der Waals surface area contributed by atoms with Crippen LogP contribution >= 0.6 is 0 Å². The van der Waals surface area contributed by atoms with Crippen LogP contribution in [0.5, 0.6) is 0 Å². The highest BCUT2D eigenvalue weighted by Crippen LogP contribution is 2.47. The fraction of sp³-hybridized carbons (Fsp3) is 0.625. The Morgan fingerprint density at radius 2 is 2.06 bits per heavy atom. The van der Waals surface area contributed by atoms with Crippen LogP contribution in [0, 0.1) is 5.41 Å². The number of aryl methyl sites for hydroxylation is 1. The number of hydrogen-bond acceptors (Lipinski definition) is 2. The summed E-state index contributed by atoms with van der Waals surface area (Å²) >= 11 is 0. The Balaban J connectivity index is 2.55. The van der Waals surface area contributed by atoms with Gasteiger partial charge in [-0.1, -0.05) is 38.1 Å². The zero-order valence-corrected chi connectivity index (χ0v) is 11.6. The quantitative estimate of drug-likeness (QED) is 0.807. The summed E-state index contributed by atoms with van der Waals surface area (Å²) in [5.41, 5.74) is 7.37. The van der Waals surface area contributed by atoms with Crippen molar-refractivity contribution in [2.24, 2.45) is 11.1 Å².